The van der Waals surface area contributed by atoms with Crippen LogP contribution in [-0.2, 0) is 4.28 Å². The predicted octanol–water partition coefficient (Wildman–Crippen LogP) is 3.95. The fourth-order valence-electron chi connectivity index (χ4n) is 4.63. The molecule has 0 spiro atoms. The highest BCUT2D eigenvalue weighted by atomic mass is 16.6. The number of hydrogen-bond donors (Lipinski definition) is 0. The zero-order chi connectivity index (χ0) is 17.3. The van der Waals surface area contributed by atoms with E-state index in [4.69, 9.17) is 0 Å². The molecule has 0 saturated carbocycles. The highest BCUT2D eigenvalue weighted by Gasteiger charge is 2.50. The zero-order valence-electron chi connectivity index (χ0n) is 14.9. The summed E-state index contributed by atoms with van der Waals surface area (Å²) in [5.74, 6) is 0. The third kappa shape index (κ3) is 2.45. The molecular formula is C23H23BO. The van der Waals surface area contributed by atoms with Crippen molar-refractivity contribution in [1.82, 2.24) is 0 Å². The van der Waals surface area contributed by atoms with Crippen LogP contribution in [0.5, 0.6) is 0 Å². The summed E-state index contributed by atoms with van der Waals surface area (Å²) in [6.45, 7) is 3.18. The third-order valence-electron chi connectivity index (χ3n) is 5.54. The van der Waals surface area contributed by atoms with E-state index in [1.807, 2.05) is 0 Å². The molecule has 3 aromatic carbocycles. The fourth-order valence-corrected chi connectivity index (χ4v) is 4.63. The SMILES string of the molecule is CC1=C(c2ccccc2)[B-](c2ccccc2)(c2ccccc2)[O+](C)C1. The van der Waals surface area contributed by atoms with Crippen LogP contribution in [0.1, 0.15) is 12.5 Å². The van der Waals surface area contributed by atoms with Gasteiger partial charge < -0.3 is 4.28 Å². The Morgan fingerprint density at radius 1 is 0.680 bits per heavy atom. The highest BCUT2D eigenvalue weighted by Crippen LogP contribution is 2.39. The Morgan fingerprint density at radius 3 is 1.60 bits per heavy atom. The molecule has 0 fully saturated rings. The maximum Gasteiger partial charge on any atom is 0.377 e. The minimum absolute atomic E-state index is 0.911. The molecule has 0 bridgehead atoms. The number of benzene rings is 3. The van der Waals surface area contributed by atoms with E-state index in [0.29, 0.717) is 0 Å². The molecule has 1 heterocycles. The molecular weight excluding hydrogens is 303 g/mol. The van der Waals surface area contributed by atoms with Gasteiger partial charge in [0.15, 0.2) is 0 Å². The van der Waals surface area contributed by atoms with Crippen molar-refractivity contribution < 1.29 is 4.28 Å². The zero-order valence-corrected chi connectivity index (χ0v) is 14.9. The fraction of sp³-hybridized carbons (Fsp3) is 0.130. The largest absolute Gasteiger partial charge is 0.659 e. The molecule has 0 saturated heterocycles. The minimum atomic E-state index is -1.22. The Kier molecular flexibility index (Phi) is 4.06. The average Bonchev–Trinajstić information content (AvgIpc) is 2.94. The van der Waals surface area contributed by atoms with E-state index < -0.39 is 6.35 Å². The molecule has 1 nitrogen and oxygen atoms in total. The predicted molar refractivity (Wildman–Crippen MR) is 109 cm³/mol. The second kappa shape index (κ2) is 6.38. The van der Waals surface area contributed by atoms with Gasteiger partial charge in [-0.3, -0.25) is 0 Å². The van der Waals surface area contributed by atoms with Gasteiger partial charge in [0, 0.05) is 0 Å². The van der Waals surface area contributed by atoms with Crippen molar-refractivity contribution in [2.24, 2.45) is 0 Å². The summed E-state index contributed by atoms with van der Waals surface area (Å²) in [4.78, 5) is 0. The van der Waals surface area contributed by atoms with E-state index in [2.05, 4.69) is 109 Å². The standard InChI is InChI=1S/C23H23BO/c1-19-18-25(2)24(21-14-8-4-9-15-21,22-16-10-5-11-17-22)23(19)20-12-6-3-7-13-20/h3-17H,18H2,1-2H3. The molecule has 0 aromatic heterocycles. The summed E-state index contributed by atoms with van der Waals surface area (Å²) >= 11 is 0. The Bertz CT molecular complexity index is 846. The van der Waals surface area contributed by atoms with Crippen LogP contribution < -0.4 is 10.9 Å². The van der Waals surface area contributed by atoms with Gasteiger partial charge in [0.1, 0.15) is 6.61 Å². The van der Waals surface area contributed by atoms with E-state index in [1.165, 1.54) is 27.5 Å². The lowest BCUT2D eigenvalue weighted by Crippen LogP contribution is -2.64. The average molecular weight is 326 g/mol. The van der Waals surface area contributed by atoms with Crippen molar-refractivity contribution in [2.75, 3.05) is 13.7 Å². The van der Waals surface area contributed by atoms with Crippen molar-refractivity contribution >= 4 is 22.7 Å². The summed E-state index contributed by atoms with van der Waals surface area (Å²) in [5, 5.41) is 0. The maximum absolute atomic E-state index is 3.52. The molecule has 4 rings (SSSR count). The second-order valence-electron chi connectivity index (χ2n) is 7.00. The van der Waals surface area contributed by atoms with Gasteiger partial charge in [0.05, 0.1) is 7.11 Å². The number of rotatable bonds is 3. The molecule has 1 aliphatic rings. The first-order valence-electron chi connectivity index (χ1n) is 8.88. The molecule has 124 valence electrons. The molecule has 0 amide bonds. The molecule has 3 aromatic rings. The van der Waals surface area contributed by atoms with Gasteiger partial charge in [-0.2, -0.15) is 0 Å². The molecule has 2 heteroatoms. The van der Waals surface area contributed by atoms with Crippen LogP contribution in [0.3, 0.4) is 0 Å². The monoisotopic (exact) mass is 326 g/mol. The van der Waals surface area contributed by atoms with Crippen LogP contribution in [0.15, 0.2) is 96.6 Å². The van der Waals surface area contributed by atoms with Crippen molar-refractivity contribution in [3.8, 4) is 0 Å². The Balaban J connectivity index is 2.06. The molecule has 0 aliphatic carbocycles. The lowest BCUT2D eigenvalue weighted by atomic mass is 9.27. The van der Waals surface area contributed by atoms with Crippen molar-refractivity contribution in [2.45, 2.75) is 6.92 Å². The van der Waals surface area contributed by atoms with Gasteiger partial charge in [0.2, 0.25) is 0 Å². The van der Waals surface area contributed by atoms with Crippen LogP contribution in [0, 0.1) is 0 Å². The van der Waals surface area contributed by atoms with Crippen LogP contribution in [0.4, 0.5) is 0 Å². The Hall–Kier alpha value is -2.58. The first kappa shape index (κ1) is 15.9. The maximum atomic E-state index is 3.52. The molecule has 0 atom stereocenters. The number of hydrogen-bond acceptors (Lipinski definition) is 0. The quantitative estimate of drug-likeness (QED) is 0.506. The Labute approximate surface area is 150 Å². The minimum Gasteiger partial charge on any atom is -0.659 e. The van der Waals surface area contributed by atoms with Crippen molar-refractivity contribution in [3.05, 3.63) is 102 Å². The first-order chi connectivity index (χ1) is 12.2. The summed E-state index contributed by atoms with van der Waals surface area (Å²) in [5.41, 5.74) is 6.86. The molecule has 0 N–H and O–H groups in total. The van der Waals surface area contributed by atoms with E-state index in [-0.39, 0.29) is 0 Å². The van der Waals surface area contributed by atoms with E-state index in [0.717, 1.165) is 6.61 Å². The van der Waals surface area contributed by atoms with E-state index >= 15 is 0 Å². The van der Waals surface area contributed by atoms with Crippen molar-refractivity contribution in [3.63, 3.8) is 0 Å². The normalized spacial score (nSPS) is 17.0. The lowest BCUT2D eigenvalue weighted by Gasteiger charge is -2.43. The van der Waals surface area contributed by atoms with Gasteiger partial charge in [-0.1, -0.05) is 102 Å². The first-order valence-corrected chi connectivity index (χ1v) is 8.88. The van der Waals surface area contributed by atoms with Gasteiger partial charge in [-0.25, -0.2) is 0 Å². The van der Waals surface area contributed by atoms with Gasteiger partial charge in [-0.05, 0) is 12.5 Å². The summed E-state index contributed by atoms with van der Waals surface area (Å²) in [6, 6.07) is 32.6. The van der Waals surface area contributed by atoms with Crippen LogP contribution >= 0.6 is 0 Å². The second-order valence-corrected chi connectivity index (χ2v) is 7.00. The topological polar surface area (TPSA) is 2.70 Å². The molecule has 1 aliphatic heterocycles. The lowest BCUT2D eigenvalue weighted by molar-refractivity contribution is 0.0845. The van der Waals surface area contributed by atoms with Crippen molar-refractivity contribution in [1.29, 1.82) is 0 Å². The van der Waals surface area contributed by atoms with E-state index in [9.17, 15) is 0 Å². The molecule has 0 radical (unpaired) electrons. The molecule has 0 unspecified atom stereocenters. The summed E-state index contributed by atoms with van der Waals surface area (Å²) in [7, 11) is 2.18. The van der Waals surface area contributed by atoms with Crippen LogP contribution in [0.25, 0.3) is 5.47 Å². The van der Waals surface area contributed by atoms with Gasteiger partial charge in [-0.15, -0.1) is 10.9 Å². The molecule has 25 heavy (non-hydrogen) atoms. The smallest absolute Gasteiger partial charge is 0.377 e. The van der Waals surface area contributed by atoms with Crippen LogP contribution in [-0.4, -0.2) is 20.1 Å². The van der Waals surface area contributed by atoms with Gasteiger partial charge >= 0.3 is 6.35 Å². The highest BCUT2D eigenvalue weighted by molar-refractivity contribution is 7.12. The summed E-state index contributed by atoms with van der Waals surface area (Å²) in [6.07, 6.45) is -1.22. The summed E-state index contributed by atoms with van der Waals surface area (Å²) < 4.78 is 3.52. The van der Waals surface area contributed by atoms with Gasteiger partial charge in [0.25, 0.3) is 0 Å². The third-order valence-corrected chi connectivity index (χ3v) is 5.54. The van der Waals surface area contributed by atoms with E-state index in [1.54, 1.807) is 0 Å². The Morgan fingerprint density at radius 2 is 1.12 bits per heavy atom. The van der Waals surface area contributed by atoms with Crippen LogP contribution in [0.2, 0.25) is 0 Å².